The summed E-state index contributed by atoms with van der Waals surface area (Å²) in [5.41, 5.74) is 1.12. The van der Waals surface area contributed by atoms with Crippen LogP contribution in [0.15, 0.2) is 69.6 Å². The van der Waals surface area contributed by atoms with Crippen LogP contribution < -0.4 is 9.57 Å². The zero-order valence-electron chi connectivity index (χ0n) is 14.6. The van der Waals surface area contributed by atoms with Crippen molar-refractivity contribution in [3.05, 3.63) is 95.4 Å². The minimum atomic E-state index is -1.02. The van der Waals surface area contributed by atoms with Gasteiger partial charge in [0.15, 0.2) is 11.5 Å². The standard InChI is InChI=1S/C19H12Br2N2O6/c20-15-17(22(24)25)16(21)19(29-23(26)27)14(13-9-5-2-6-10-13)18(15)28-11-12-7-3-1-4-8-12/h1-10H,11H2. The van der Waals surface area contributed by atoms with Gasteiger partial charge in [0.25, 0.3) is 5.09 Å². The molecule has 0 saturated carbocycles. The molecule has 3 aromatic carbocycles. The number of rotatable bonds is 7. The van der Waals surface area contributed by atoms with Gasteiger partial charge >= 0.3 is 5.69 Å². The fourth-order valence-electron chi connectivity index (χ4n) is 2.69. The van der Waals surface area contributed by atoms with E-state index in [1.165, 1.54) is 0 Å². The zero-order valence-corrected chi connectivity index (χ0v) is 17.8. The lowest BCUT2D eigenvalue weighted by atomic mass is 10.0. The van der Waals surface area contributed by atoms with Gasteiger partial charge < -0.3 is 4.74 Å². The van der Waals surface area contributed by atoms with E-state index in [9.17, 15) is 20.2 Å². The van der Waals surface area contributed by atoms with Crippen molar-refractivity contribution >= 4 is 37.5 Å². The SMILES string of the molecule is O=[N+]([O-])Oc1c(Br)c([N+](=O)[O-])c(Br)c(OCc2ccccc2)c1-c1ccccc1. The third-order valence-corrected chi connectivity index (χ3v) is 5.38. The minimum absolute atomic E-state index is 0.0415. The molecule has 0 bridgehead atoms. The Morgan fingerprint density at radius 2 is 1.38 bits per heavy atom. The quantitative estimate of drug-likeness (QED) is 0.280. The van der Waals surface area contributed by atoms with Gasteiger partial charge in [-0.3, -0.25) is 15.0 Å². The van der Waals surface area contributed by atoms with Crippen molar-refractivity contribution in [3.8, 4) is 22.6 Å². The van der Waals surface area contributed by atoms with Crippen molar-refractivity contribution in [2.75, 3.05) is 0 Å². The molecule has 0 unspecified atom stereocenters. The summed E-state index contributed by atoms with van der Waals surface area (Å²) in [6, 6.07) is 17.8. The van der Waals surface area contributed by atoms with Crippen LogP contribution in [0.5, 0.6) is 11.5 Å². The summed E-state index contributed by atoms with van der Waals surface area (Å²) in [5, 5.41) is 21.7. The van der Waals surface area contributed by atoms with Gasteiger partial charge in [0.1, 0.15) is 15.6 Å². The number of nitrogens with zero attached hydrogens (tertiary/aromatic N) is 2. The van der Waals surface area contributed by atoms with Gasteiger partial charge in [0, 0.05) is 0 Å². The monoisotopic (exact) mass is 522 g/mol. The second-order valence-electron chi connectivity index (χ2n) is 5.72. The number of ether oxygens (including phenoxy) is 1. The Kier molecular flexibility index (Phi) is 6.45. The van der Waals surface area contributed by atoms with Gasteiger partial charge in [0.2, 0.25) is 0 Å². The van der Waals surface area contributed by atoms with E-state index in [4.69, 9.17) is 9.57 Å². The molecule has 0 N–H and O–H groups in total. The Morgan fingerprint density at radius 3 is 1.93 bits per heavy atom. The van der Waals surface area contributed by atoms with Gasteiger partial charge in [-0.1, -0.05) is 60.7 Å². The highest BCUT2D eigenvalue weighted by atomic mass is 79.9. The summed E-state index contributed by atoms with van der Waals surface area (Å²) in [5.74, 6) is -0.258. The van der Waals surface area contributed by atoms with Crippen molar-refractivity contribution in [3.63, 3.8) is 0 Å². The molecule has 0 radical (unpaired) electrons. The van der Waals surface area contributed by atoms with E-state index in [0.29, 0.717) is 5.56 Å². The fourth-order valence-corrected chi connectivity index (χ4v) is 4.22. The molecule has 0 heterocycles. The van der Waals surface area contributed by atoms with Crippen LogP contribution in [-0.2, 0) is 6.61 Å². The Hall–Kier alpha value is -2.98. The van der Waals surface area contributed by atoms with Crippen LogP contribution in [0.1, 0.15) is 5.56 Å². The molecule has 3 rings (SSSR count). The topological polar surface area (TPSA) is 105 Å². The smallest absolute Gasteiger partial charge is 0.303 e. The Labute approximate surface area is 181 Å². The van der Waals surface area contributed by atoms with Crippen molar-refractivity contribution < 1.29 is 19.6 Å². The molecule has 0 aliphatic heterocycles. The second kappa shape index (κ2) is 9.01. The number of benzene rings is 3. The van der Waals surface area contributed by atoms with Crippen LogP contribution in [0.25, 0.3) is 11.1 Å². The molecule has 148 valence electrons. The summed E-state index contributed by atoms with van der Waals surface area (Å²) in [6.45, 7) is 0.0932. The Morgan fingerprint density at radius 1 is 0.828 bits per heavy atom. The van der Waals surface area contributed by atoms with Gasteiger partial charge in [0.05, 0.1) is 10.5 Å². The maximum absolute atomic E-state index is 11.6. The molecule has 10 heteroatoms. The normalized spacial score (nSPS) is 10.4. The first kappa shape index (κ1) is 20.7. The van der Waals surface area contributed by atoms with E-state index >= 15 is 0 Å². The molecule has 0 aromatic heterocycles. The third-order valence-electron chi connectivity index (χ3n) is 3.91. The molecular formula is C19H12Br2N2O6. The highest BCUT2D eigenvalue weighted by Gasteiger charge is 2.32. The first-order chi connectivity index (χ1) is 13.9. The Balaban J connectivity index is 2.26. The van der Waals surface area contributed by atoms with Crippen LogP contribution in [0.2, 0.25) is 0 Å². The van der Waals surface area contributed by atoms with Crippen molar-refractivity contribution in [1.29, 1.82) is 0 Å². The summed E-state index contributed by atoms with van der Waals surface area (Å²) >= 11 is 6.32. The molecule has 0 aliphatic carbocycles. The van der Waals surface area contributed by atoms with Crippen LogP contribution in [0.4, 0.5) is 5.69 Å². The maximum Gasteiger partial charge on any atom is 0.303 e. The lowest BCUT2D eigenvalue weighted by Gasteiger charge is -2.18. The number of hydrogen-bond acceptors (Lipinski definition) is 6. The van der Waals surface area contributed by atoms with E-state index in [2.05, 4.69) is 31.9 Å². The van der Waals surface area contributed by atoms with Crippen molar-refractivity contribution in [1.82, 2.24) is 0 Å². The number of nitro groups is 1. The summed E-state index contributed by atoms with van der Waals surface area (Å²) < 4.78 is 5.77. The van der Waals surface area contributed by atoms with E-state index in [1.54, 1.807) is 30.3 Å². The largest absolute Gasteiger partial charge is 0.487 e. The molecule has 0 atom stereocenters. The molecule has 0 amide bonds. The minimum Gasteiger partial charge on any atom is -0.487 e. The predicted molar refractivity (Wildman–Crippen MR) is 112 cm³/mol. The van der Waals surface area contributed by atoms with Crippen LogP contribution in [0.3, 0.4) is 0 Å². The first-order valence-corrected chi connectivity index (χ1v) is 9.72. The highest BCUT2D eigenvalue weighted by molar-refractivity contribution is 9.11. The summed E-state index contributed by atoms with van der Waals surface area (Å²) in [4.78, 5) is 26.8. The molecule has 29 heavy (non-hydrogen) atoms. The molecular weight excluding hydrogens is 512 g/mol. The third kappa shape index (κ3) is 4.54. The molecule has 8 nitrogen and oxygen atoms in total. The average Bonchev–Trinajstić information content (AvgIpc) is 2.70. The van der Waals surface area contributed by atoms with E-state index in [0.717, 1.165) is 5.56 Å². The lowest BCUT2D eigenvalue weighted by molar-refractivity contribution is -0.711. The highest BCUT2D eigenvalue weighted by Crippen LogP contribution is 2.53. The number of nitro benzene ring substituents is 1. The molecule has 3 aromatic rings. The maximum atomic E-state index is 11.6. The lowest BCUT2D eigenvalue weighted by Crippen LogP contribution is -2.09. The molecule has 0 spiro atoms. The summed E-state index contributed by atoms with van der Waals surface area (Å²) in [7, 11) is 0. The van der Waals surface area contributed by atoms with Crippen LogP contribution in [0, 0.1) is 20.2 Å². The van der Waals surface area contributed by atoms with Crippen LogP contribution in [-0.4, -0.2) is 10.0 Å². The Bertz CT molecular complexity index is 1060. The predicted octanol–water partition coefficient (Wildman–Crippen LogP) is 5.94. The zero-order chi connectivity index (χ0) is 21.0. The molecule has 0 saturated heterocycles. The van der Waals surface area contributed by atoms with Gasteiger partial charge in [-0.25, -0.2) is 0 Å². The van der Waals surface area contributed by atoms with E-state index in [-0.39, 0.29) is 32.6 Å². The van der Waals surface area contributed by atoms with Gasteiger partial charge in [-0.15, -0.1) is 10.1 Å². The molecule has 0 fully saturated rings. The van der Waals surface area contributed by atoms with E-state index in [1.807, 2.05) is 30.3 Å². The molecule has 0 aliphatic rings. The second-order valence-corrected chi connectivity index (χ2v) is 7.31. The number of hydrogen-bond donors (Lipinski definition) is 0. The van der Waals surface area contributed by atoms with Gasteiger partial charge in [-0.2, -0.15) is 0 Å². The van der Waals surface area contributed by atoms with Crippen LogP contribution >= 0.6 is 31.9 Å². The summed E-state index contributed by atoms with van der Waals surface area (Å²) in [6.07, 6.45) is 0. The van der Waals surface area contributed by atoms with Crippen molar-refractivity contribution in [2.24, 2.45) is 0 Å². The van der Waals surface area contributed by atoms with Gasteiger partial charge in [-0.05, 0) is 43.0 Å². The first-order valence-electron chi connectivity index (χ1n) is 8.14. The van der Waals surface area contributed by atoms with Crippen molar-refractivity contribution in [2.45, 2.75) is 6.61 Å². The van der Waals surface area contributed by atoms with E-state index < -0.39 is 15.7 Å². The average molecular weight is 524 g/mol. The number of halogens is 2. The fraction of sp³-hybridized carbons (Fsp3) is 0.0526.